The van der Waals surface area contributed by atoms with Crippen LogP contribution in [0.2, 0.25) is 0 Å². The highest BCUT2D eigenvalue weighted by Gasteiger charge is 2.44. The Labute approximate surface area is 82.4 Å². The van der Waals surface area contributed by atoms with Gasteiger partial charge in [0.1, 0.15) is 5.82 Å². The Balaban J connectivity index is 0.000000140. The van der Waals surface area contributed by atoms with Gasteiger partial charge in [0.2, 0.25) is 0 Å². The molecule has 0 radical (unpaired) electrons. The van der Waals surface area contributed by atoms with E-state index in [1.54, 1.807) is 25.1 Å². The van der Waals surface area contributed by atoms with Gasteiger partial charge in [0.05, 0.1) is 5.41 Å². The number of hydrogen-bond acceptors (Lipinski definition) is 1. The van der Waals surface area contributed by atoms with Crippen LogP contribution >= 0.6 is 0 Å². The van der Waals surface area contributed by atoms with Gasteiger partial charge in [0, 0.05) is 0 Å². The Morgan fingerprint density at radius 2 is 1.86 bits per heavy atom. The minimum absolute atomic E-state index is 0.178. The molecule has 1 aromatic carbocycles. The predicted molar refractivity (Wildman–Crippen MR) is 51.4 cm³/mol. The molecule has 14 heavy (non-hydrogen) atoms. The minimum atomic E-state index is -0.646. The summed E-state index contributed by atoms with van der Waals surface area (Å²) in [6.07, 6.45) is 1.73. The van der Waals surface area contributed by atoms with Gasteiger partial charge in [-0.25, -0.2) is 4.39 Å². The maximum atomic E-state index is 11.9. The molecule has 2 nitrogen and oxygen atoms in total. The van der Waals surface area contributed by atoms with Gasteiger partial charge in [0.25, 0.3) is 0 Å². The third-order valence-corrected chi connectivity index (χ3v) is 2.25. The van der Waals surface area contributed by atoms with E-state index in [9.17, 15) is 9.18 Å². The quantitative estimate of drug-likeness (QED) is 0.749. The molecule has 3 heteroatoms. The highest BCUT2D eigenvalue weighted by molar-refractivity contribution is 5.77. The summed E-state index contributed by atoms with van der Waals surface area (Å²) >= 11 is 0. The Kier molecular flexibility index (Phi) is 3.23. The summed E-state index contributed by atoms with van der Waals surface area (Å²) in [5.74, 6) is -0.824. The van der Waals surface area contributed by atoms with Crippen LogP contribution in [-0.2, 0) is 4.79 Å². The van der Waals surface area contributed by atoms with E-state index < -0.39 is 5.97 Å². The molecule has 0 spiro atoms. The highest BCUT2D eigenvalue weighted by Crippen LogP contribution is 2.44. The lowest BCUT2D eigenvalue weighted by Crippen LogP contribution is -2.08. The van der Waals surface area contributed by atoms with Crippen LogP contribution in [0.3, 0.4) is 0 Å². The largest absolute Gasteiger partial charge is 0.481 e. The van der Waals surface area contributed by atoms with E-state index in [1.165, 1.54) is 12.1 Å². The van der Waals surface area contributed by atoms with Crippen molar-refractivity contribution in [3.05, 3.63) is 36.1 Å². The van der Waals surface area contributed by atoms with E-state index >= 15 is 0 Å². The first-order chi connectivity index (χ1) is 6.54. The first-order valence-corrected chi connectivity index (χ1v) is 4.48. The molecule has 0 aromatic heterocycles. The van der Waals surface area contributed by atoms with E-state index in [0.717, 1.165) is 12.8 Å². The molecule has 0 atom stereocenters. The molecule has 0 aliphatic heterocycles. The second kappa shape index (κ2) is 4.22. The highest BCUT2D eigenvalue weighted by atomic mass is 19.1. The Morgan fingerprint density at radius 1 is 1.36 bits per heavy atom. The van der Waals surface area contributed by atoms with Crippen molar-refractivity contribution in [3.8, 4) is 0 Å². The van der Waals surface area contributed by atoms with Gasteiger partial charge < -0.3 is 5.11 Å². The zero-order valence-corrected chi connectivity index (χ0v) is 8.03. The SMILES string of the molecule is CC1(C(=O)O)CC1.Fc1ccccc1. The first-order valence-electron chi connectivity index (χ1n) is 4.48. The van der Waals surface area contributed by atoms with Crippen molar-refractivity contribution in [1.82, 2.24) is 0 Å². The fraction of sp³-hybridized carbons (Fsp3) is 0.364. The molecule has 1 aromatic rings. The number of benzene rings is 1. The number of carboxylic acid groups (broad SMARTS) is 1. The number of aliphatic carboxylic acids is 1. The molecule has 76 valence electrons. The van der Waals surface area contributed by atoms with Gasteiger partial charge in [-0.15, -0.1) is 0 Å². The molecule has 2 rings (SSSR count). The third-order valence-electron chi connectivity index (χ3n) is 2.25. The second-order valence-electron chi connectivity index (χ2n) is 3.66. The molecule has 0 heterocycles. The molecule has 0 bridgehead atoms. The fourth-order valence-corrected chi connectivity index (χ4v) is 0.816. The standard InChI is InChI=1S/C6H5F.C5H8O2/c7-6-4-2-1-3-5-6;1-5(2-3-5)4(6)7/h1-5H;2-3H2,1H3,(H,6,7). The number of hydrogen-bond donors (Lipinski definition) is 1. The van der Waals surface area contributed by atoms with E-state index in [0.29, 0.717) is 0 Å². The predicted octanol–water partition coefficient (Wildman–Crippen LogP) is 2.70. The lowest BCUT2D eigenvalue weighted by Gasteiger charge is -1.94. The van der Waals surface area contributed by atoms with Crippen molar-refractivity contribution in [2.45, 2.75) is 19.8 Å². The van der Waals surface area contributed by atoms with Crippen molar-refractivity contribution >= 4 is 5.97 Å². The van der Waals surface area contributed by atoms with Crippen LogP contribution in [0.1, 0.15) is 19.8 Å². The summed E-state index contributed by atoms with van der Waals surface area (Å²) in [5.41, 5.74) is -0.333. The topological polar surface area (TPSA) is 37.3 Å². The first kappa shape index (κ1) is 10.7. The van der Waals surface area contributed by atoms with E-state index in [4.69, 9.17) is 5.11 Å². The Morgan fingerprint density at radius 3 is 2.00 bits per heavy atom. The van der Waals surface area contributed by atoms with Crippen LogP contribution < -0.4 is 0 Å². The minimum Gasteiger partial charge on any atom is -0.481 e. The normalized spacial score (nSPS) is 16.4. The van der Waals surface area contributed by atoms with Crippen LogP contribution in [-0.4, -0.2) is 11.1 Å². The third kappa shape index (κ3) is 3.17. The number of carboxylic acids is 1. The van der Waals surface area contributed by atoms with Gasteiger partial charge in [-0.1, -0.05) is 18.2 Å². The molecule has 0 amide bonds. The van der Waals surface area contributed by atoms with Crippen molar-refractivity contribution in [2.75, 3.05) is 0 Å². The second-order valence-corrected chi connectivity index (χ2v) is 3.66. The zero-order chi connectivity index (χ0) is 10.6. The van der Waals surface area contributed by atoms with Crippen molar-refractivity contribution in [1.29, 1.82) is 0 Å². The summed E-state index contributed by atoms with van der Waals surface area (Å²) in [6, 6.07) is 7.94. The average Bonchev–Trinajstić information content (AvgIpc) is 2.87. The Hall–Kier alpha value is -1.38. The molecule has 1 saturated carbocycles. The summed E-state index contributed by atoms with van der Waals surface area (Å²) in [5, 5.41) is 8.31. The van der Waals surface area contributed by atoms with Gasteiger partial charge in [-0.05, 0) is 31.9 Å². The Bertz CT molecular complexity index is 304. The monoisotopic (exact) mass is 196 g/mol. The molecular weight excluding hydrogens is 183 g/mol. The van der Waals surface area contributed by atoms with Crippen LogP contribution in [0, 0.1) is 11.2 Å². The van der Waals surface area contributed by atoms with Gasteiger partial charge in [0.15, 0.2) is 0 Å². The lowest BCUT2D eigenvalue weighted by atomic mass is 10.2. The van der Waals surface area contributed by atoms with E-state index in [2.05, 4.69) is 0 Å². The lowest BCUT2D eigenvalue weighted by molar-refractivity contribution is -0.142. The van der Waals surface area contributed by atoms with Crippen LogP contribution in [0.4, 0.5) is 4.39 Å². The number of rotatable bonds is 1. The van der Waals surface area contributed by atoms with Crippen LogP contribution in [0.25, 0.3) is 0 Å². The van der Waals surface area contributed by atoms with Gasteiger partial charge in [-0.2, -0.15) is 0 Å². The number of carbonyl (C=O) groups is 1. The molecule has 0 unspecified atom stereocenters. The van der Waals surface area contributed by atoms with Crippen molar-refractivity contribution < 1.29 is 14.3 Å². The van der Waals surface area contributed by atoms with E-state index in [1.807, 2.05) is 0 Å². The molecule has 1 fully saturated rings. The van der Waals surface area contributed by atoms with Crippen LogP contribution in [0.15, 0.2) is 30.3 Å². The molecular formula is C11H13FO2. The summed E-state index contributed by atoms with van der Waals surface area (Å²) in [7, 11) is 0. The van der Waals surface area contributed by atoms with Gasteiger partial charge >= 0.3 is 5.97 Å². The molecule has 1 aliphatic carbocycles. The molecule has 1 aliphatic rings. The van der Waals surface area contributed by atoms with Crippen molar-refractivity contribution in [3.63, 3.8) is 0 Å². The average molecular weight is 196 g/mol. The smallest absolute Gasteiger partial charge is 0.309 e. The summed E-state index contributed by atoms with van der Waals surface area (Å²) < 4.78 is 11.9. The zero-order valence-electron chi connectivity index (χ0n) is 8.03. The molecule has 0 saturated heterocycles. The fourth-order valence-electron chi connectivity index (χ4n) is 0.816. The van der Waals surface area contributed by atoms with Crippen LogP contribution in [0.5, 0.6) is 0 Å². The van der Waals surface area contributed by atoms with E-state index in [-0.39, 0.29) is 11.2 Å². The van der Waals surface area contributed by atoms with Crippen molar-refractivity contribution in [2.24, 2.45) is 5.41 Å². The maximum absolute atomic E-state index is 11.9. The summed E-state index contributed by atoms with van der Waals surface area (Å²) in [6.45, 7) is 1.77. The number of halogens is 1. The molecule has 1 N–H and O–H groups in total. The van der Waals surface area contributed by atoms with Gasteiger partial charge in [-0.3, -0.25) is 4.79 Å². The summed E-state index contributed by atoms with van der Waals surface area (Å²) in [4.78, 5) is 10.1. The maximum Gasteiger partial charge on any atom is 0.309 e.